The van der Waals surface area contributed by atoms with Crippen molar-refractivity contribution in [1.82, 2.24) is 15.1 Å². The lowest BCUT2D eigenvalue weighted by atomic mass is 9.75. The first kappa shape index (κ1) is 15.3. The first-order valence-electron chi connectivity index (χ1n) is 8.13. The maximum atomic E-state index is 3.80. The third-order valence-electron chi connectivity index (χ3n) is 5.43. The molecule has 3 nitrogen and oxygen atoms in total. The van der Waals surface area contributed by atoms with Crippen molar-refractivity contribution < 1.29 is 0 Å². The zero-order chi connectivity index (χ0) is 13.9. The first-order valence-corrected chi connectivity index (χ1v) is 8.13. The van der Waals surface area contributed by atoms with Gasteiger partial charge in [0.2, 0.25) is 0 Å². The van der Waals surface area contributed by atoms with Gasteiger partial charge in [0.1, 0.15) is 0 Å². The summed E-state index contributed by atoms with van der Waals surface area (Å²) in [6.45, 7) is 5.98. The van der Waals surface area contributed by atoms with Gasteiger partial charge in [0.05, 0.1) is 0 Å². The molecule has 1 heterocycles. The van der Waals surface area contributed by atoms with E-state index in [4.69, 9.17) is 0 Å². The van der Waals surface area contributed by atoms with Crippen LogP contribution >= 0.6 is 0 Å². The van der Waals surface area contributed by atoms with Gasteiger partial charge in [-0.1, -0.05) is 13.3 Å². The lowest BCUT2D eigenvalue weighted by Gasteiger charge is -2.50. The molecule has 0 aromatic heterocycles. The number of likely N-dealkylation sites (N-methyl/N-ethyl adjacent to an activating group) is 2. The second-order valence-electron chi connectivity index (χ2n) is 7.21. The average molecular weight is 267 g/mol. The van der Waals surface area contributed by atoms with Gasteiger partial charge in [-0.3, -0.25) is 0 Å². The molecule has 2 fully saturated rings. The Bertz CT molecular complexity index is 278. The van der Waals surface area contributed by atoms with Crippen LogP contribution < -0.4 is 5.32 Å². The molecule has 0 spiro atoms. The summed E-state index contributed by atoms with van der Waals surface area (Å²) in [5, 5.41) is 3.80. The molecule has 1 aliphatic heterocycles. The van der Waals surface area contributed by atoms with E-state index < -0.39 is 0 Å². The van der Waals surface area contributed by atoms with E-state index >= 15 is 0 Å². The zero-order valence-corrected chi connectivity index (χ0v) is 13.5. The largest absolute Gasteiger partial charge is 0.310 e. The minimum atomic E-state index is 0.404. The van der Waals surface area contributed by atoms with Crippen LogP contribution in [-0.4, -0.2) is 61.7 Å². The predicted octanol–water partition coefficient (Wildman–Crippen LogP) is 2.32. The molecule has 1 unspecified atom stereocenters. The first-order chi connectivity index (χ1) is 9.02. The van der Waals surface area contributed by atoms with E-state index in [0.717, 1.165) is 0 Å². The van der Waals surface area contributed by atoms with E-state index in [1.54, 1.807) is 0 Å². The third kappa shape index (κ3) is 3.32. The molecule has 1 saturated heterocycles. The average Bonchev–Trinajstić information content (AvgIpc) is 2.72. The second-order valence-corrected chi connectivity index (χ2v) is 7.21. The van der Waals surface area contributed by atoms with Crippen molar-refractivity contribution >= 4 is 0 Å². The van der Waals surface area contributed by atoms with Crippen molar-refractivity contribution in [2.24, 2.45) is 0 Å². The summed E-state index contributed by atoms with van der Waals surface area (Å²) in [6.07, 6.45) is 9.49. The predicted molar refractivity (Wildman–Crippen MR) is 82.6 cm³/mol. The van der Waals surface area contributed by atoms with E-state index in [9.17, 15) is 0 Å². The van der Waals surface area contributed by atoms with Crippen LogP contribution in [0.4, 0.5) is 0 Å². The molecule has 2 aliphatic rings. The lowest BCUT2D eigenvalue weighted by Crippen LogP contribution is -2.59. The van der Waals surface area contributed by atoms with E-state index in [-0.39, 0.29) is 0 Å². The Morgan fingerprint density at radius 2 is 1.74 bits per heavy atom. The zero-order valence-electron chi connectivity index (χ0n) is 13.5. The van der Waals surface area contributed by atoms with Crippen molar-refractivity contribution in [2.45, 2.75) is 62.9 Å². The third-order valence-corrected chi connectivity index (χ3v) is 5.43. The Hall–Kier alpha value is -0.120. The van der Waals surface area contributed by atoms with Gasteiger partial charge in [-0.25, -0.2) is 0 Å². The molecule has 0 aromatic carbocycles. The molecule has 19 heavy (non-hydrogen) atoms. The molecule has 0 amide bonds. The van der Waals surface area contributed by atoms with Gasteiger partial charge < -0.3 is 15.1 Å². The van der Waals surface area contributed by atoms with Crippen LogP contribution in [0.1, 0.15) is 51.9 Å². The second kappa shape index (κ2) is 6.11. The highest BCUT2D eigenvalue weighted by molar-refractivity contribution is 5.00. The van der Waals surface area contributed by atoms with Gasteiger partial charge in [0, 0.05) is 24.2 Å². The highest BCUT2D eigenvalue weighted by Gasteiger charge is 2.41. The number of nitrogens with zero attached hydrogens (tertiary/aromatic N) is 2. The minimum absolute atomic E-state index is 0.404. The summed E-state index contributed by atoms with van der Waals surface area (Å²) < 4.78 is 0. The smallest absolute Gasteiger partial charge is 0.0330 e. The summed E-state index contributed by atoms with van der Waals surface area (Å²) in [5.41, 5.74) is 0.863. The summed E-state index contributed by atoms with van der Waals surface area (Å²) >= 11 is 0. The van der Waals surface area contributed by atoms with E-state index in [1.165, 1.54) is 64.6 Å². The molecule has 1 aliphatic carbocycles. The van der Waals surface area contributed by atoms with Gasteiger partial charge >= 0.3 is 0 Å². The summed E-state index contributed by atoms with van der Waals surface area (Å²) in [6, 6.07) is 0. The van der Waals surface area contributed by atoms with Crippen molar-refractivity contribution in [3.8, 4) is 0 Å². The summed E-state index contributed by atoms with van der Waals surface area (Å²) in [5.74, 6) is 0. The molecule has 3 heteroatoms. The van der Waals surface area contributed by atoms with Crippen LogP contribution in [0.25, 0.3) is 0 Å². The maximum Gasteiger partial charge on any atom is 0.0330 e. The SMILES string of the molecule is CCCC1(CN(C)CC2(N(C)C)CCC2)CCCN1. The molecule has 0 radical (unpaired) electrons. The molecule has 1 atom stereocenters. The van der Waals surface area contributed by atoms with Crippen LogP contribution in [0.2, 0.25) is 0 Å². The molecule has 1 saturated carbocycles. The Morgan fingerprint density at radius 1 is 1.00 bits per heavy atom. The Morgan fingerprint density at radius 3 is 2.16 bits per heavy atom. The molecular formula is C16H33N3. The van der Waals surface area contributed by atoms with Gasteiger partial charge in [-0.15, -0.1) is 0 Å². The van der Waals surface area contributed by atoms with Crippen LogP contribution in [0, 0.1) is 0 Å². The topological polar surface area (TPSA) is 18.5 Å². The number of hydrogen-bond acceptors (Lipinski definition) is 3. The Kier molecular flexibility index (Phi) is 4.91. The molecule has 0 bridgehead atoms. The van der Waals surface area contributed by atoms with Crippen molar-refractivity contribution in [2.75, 3.05) is 40.8 Å². The van der Waals surface area contributed by atoms with Gasteiger partial charge in [0.15, 0.2) is 0 Å². The van der Waals surface area contributed by atoms with E-state index in [1.807, 2.05) is 0 Å². The van der Waals surface area contributed by atoms with Crippen LogP contribution in [0.15, 0.2) is 0 Å². The normalized spacial score (nSPS) is 30.0. The highest BCUT2D eigenvalue weighted by atomic mass is 15.2. The Labute approximate surface area is 119 Å². The fourth-order valence-electron chi connectivity index (χ4n) is 4.18. The van der Waals surface area contributed by atoms with Gasteiger partial charge in [-0.2, -0.15) is 0 Å². The Balaban J connectivity index is 1.90. The van der Waals surface area contributed by atoms with Crippen LogP contribution in [0.5, 0.6) is 0 Å². The molecule has 112 valence electrons. The lowest BCUT2D eigenvalue weighted by molar-refractivity contribution is 0.0206. The standard InChI is InChI=1S/C16H33N3/c1-5-8-15(9-7-12-17-15)13-19(4)14-16(18(2)3)10-6-11-16/h17H,5-14H2,1-4H3. The van der Waals surface area contributed by atoms with E-state index in [0.29, 0.717) is 11.1 Å². The van der Waals surface area contributed by atoms with Crippen molar-refractivity contribution in [3.63, 3.8) is 0 Å². The minimum Gasteiger partial charge on any atom is -0.310 e. The molecule has 2 rings (SSSR count). The fourth-order valence-corrected chi connectivity index (χ4v) is 4.18. The summed E-state index contributed by atoms with van der Waals surface area (Å²) in [7, 11) is 6.83. The number of nitrogens with one attached hydrogen (secondary N) is 1. The molecular weight excluding hydrogens is 234 g/mol. The van der Waals surface area contributed by atoms with Crippen LogP contribution in [0.3, 0.4) is 0 Å². The molecule has 0 aromatic rings. The van der Waals surface area contributed by atoms with Gasteiger partial charge in [0.25, 0.3) is 0 Å². The number of rotatable bonds is 7. The van der Waals surface area contributed by atoms with Crippen molar-refractivity contribution in [1.29, 1.82) is 0 Å². The molecule has 1 N–H and O–H groups in total. The number of hydrogen-bond donors (Lipinski definition) is 1. The summed E-state index contributed by atoms with van der Waals surface area (Å²) in [4.78, 5) is 5.05. The van der Waals surface area contributed by atoms with Crippen molar-refractivity contribution in [3.05, 3.63) is 0 Å². The van der Waals surface area contributed by atoms with Gasteiger partial charge in [-0.05, 0) is 66.2 Å². The monoisotopic (exact) mass is 267 g/mol. The van der Waals surface area contributed by atoms with Crippen LogP contribution in [-0.2, 0) is 0 Å². The highest BCUT2D eigenvalue weighted by Crippen LogP contribution is 2.37. The fraction of sp³-hybridized carbons (Fsp3) is 1.00. The van der Waals surface area contributed by atoms with E-state index in [2.05, 4.69) is 43.2 Å². The maximum absolute atomic E-state index is 3.80. The quantitative estimate of drug-likeness (QED) is 0.764.